The number of halogens is 2. The van der Waals surface area contributed by atoms with Crippen LogP contribution in [0, 0.1) is 0 Å². The zero-order chi connectivity index (χ0) is 14.5. The van der Waals surface area contributed by atoms with Gasteiger partial charge in [-0.1, -0.05) is 37.0 Å². The zero-order valence-corrected chi connectivity index (χ0v) is 12.9. The van der Waals surface area contributed by atoms with E-state index in [0.717, 1.165) is 5.56 Å². The Bertz CT molecular complexity index is 588. The Hall–Kier alpha value is -1.29. The first-order valence-electron chi connectivity index (χ1n) is 6.35. The van der Waals surface area contributed by atoms with Crippen molar-refractivity contribution in [1.82, 2.24) is 10.3 Å². The molecule has 1 aromatic carbocycles. The number of hydrogen-bond acceptors (Lipinski definition) is 3. The quantitative estimate of drug-likeness (QED) is 0.870. The van der Waals surface area contributed by atoms with Crippen LogP contribution in [0.4, 0.5) is 0 Å². The molecule has 2 aromatic rings. The predicted octanol–water partition coefficient (Wildman–Crippen LogP) is 4.68. The summed E-state index contributed by atoms with van der Waals surface area (Å²) in [4.78, 5) is 4.09. The van der Waals surface area contributed by atoms with Crippen LogP contribution in [-0.2, 0) is 6.54 Å². The summed E-state index contributed by atoms with van der Waals surface area (Å²) in [5.41, 5.74) is 1.03. The van der Waals surface area contributed by atoms with Crippen LogP contribution in [0.1, 0.15) is 19.4 Å². The van der Waals surface area contributed by atoms with E-state index in [4.69, 9.17) is 27.9 Å². The standard InChI is InChI=1S/C15H16Cl2N2O/c1-10(2)19-8-11-5-6-18-9-15(11)20-14-4-3-12(16)7-13(14)17/h3-7,9-10,19H,8H2,1-2H3. The minimum absolute atomic E-state index is 0.398. The second kappa shape index (κ2) is 6.93. The van der Waals surface area contributed by atoms with Crippen molar-refractivity contribution in [2.24, 2.45) is 0 Å². The Labute approximate surface area is 128 Å². The van der Waals surface area contributed by atoms with Crippen LogP contribution in [0.15, 0.2) is 36.7 Å². The van der Waals surface area contributed by atoms with Crippen molar-refractivity contribution in [1.29, 1.82) is 0 Å². The molecular weight excluding hydrogens is 295 g/mol. The molecule has 0 radical (unpaired) electrons. The Morgan fingerprint density at radius 3 is 2.70 bits per heavy atom. The molecule has 2 rings (SSSR count). The normalized spacial score (nSPS) is 10.8. The van der Waals surface area contributed by atoms with E-state index < -0.39 is 0 Å². The van der Waals surface area contributed by atoms with Crippen molar-refractivity contribution in [2.45, 2.75) is 26.4 Å². The van der Waals surface area contributed by atoms with Gasteiger partial charge in [-0.05, 0) is 24.3 Å². The monoisotopic (exact) mass is 310 g/mol. The average molecular weight is 311 g/mol. The molecule has 1 heterocycles. The summed E-state index contributed by atoms with van der Waals surface area (Å²) in [6.45, 7) is 4.90. The van der Waals surface area contributed by atoms with E-state index in [1.54, 1.807) is 30.6 Å². The zero-order valence-electron chi connectivity index (χ0n) is 11.4. The highest BCUT2D eigenvalue weighted by atomic mass is 35.5. The summed E-state index contributed by atoms with van der Waals surface area (Å²) in [5.74, 6) is 1.25. The summed E-state index contributed by atoms with van der Waals surface area (Å²) in [6, 6.07) is 7.47. The fourth-order valence-electron chi connectivity index (χ4n) is 1.64. The lowest BCUT2D eigenvalue weighted by Gasteiger charge is -2.13. The summed E-state index contributed by atoms with van der Waals surface area (Å²) in [6.07, 6.45) is 3.43. The Kier molecular flexibility index (Phi) is 5.24. The maximum atomic E-state index is 6.11. The highest BCUT2D eigenvalue weighted by molar-refractivity contribution is 6.35. The first kappa shape index (κ1) is 15.1. The van der Waals surface area contributed by atoms with Crippen molar-refractivity contribution in [3.63, 3.8) is 0 Å². The van der Waals surface area contributed by atoms with Crippen LogP contribution in [0.3, 0.4) is 0 Å². The van der Waals surface area contributed by atoms with Gasteiger partial charge in [0.05, 0.1) is 11.2 Å². The Morgan fingerprint density at radius 2 is 2.00 bits per heavy atom. The predicted molar refractivity (Wildman–Crippen MR) is 82.7 cm³/mol. The number of hydrogen-bond donors (Lipinski definition) is 1. The van der Waals surface area contributed by atoms with Gasteiger partial charge in [0.15, 0.2) is 0 Å². The van der Waals surface area contributed by atoms with Crippen LogP contribution in [0.25, 0.3) is 0 Å². The third-order valence-corrected chi connectivity index (χ3v) is 3.22. The number of nitrogens with zero attached hydrogens (tertiary/aromatic N) is 1. The molecule has 1 N–H and O–H groups in total. The molecule has 0 saturated carbocycles. The van der Waals surface area contributed by atoms with Crippen molar-refractivity contribution in [3.8, 4) is 11.5 Å². The first-order valence-corrected chi connectivity index (χ1v) is 7.11. The molecule has 0 spiro atoms. The third kappa shape index (κ3) is 4.10. The molecular formula is C15H16Cl2N2O. The lowest BCUT2D eigenvalue weighted by molar-refractivity contribution is 0.467. The maximum absolute atomic E-state index is 6.11. The number of ether oxygens (including phenoxy) is 1. The summed E-state index contributed by atoms with van der Waals surface area (Å²) in [5, 5.41) is 4.40. The van der Waals surface area contributed by atoms with Gasteiger partial charge in [-0.15, -0.1) is 0 Å². The number of benzene rings is 1. The minimum Gasteiger partial charge on any atom is -0.454 e. The molecule has 0 atom stereocenters. The minimum atomic E-state index is 0.398. The Morgan fingerprint density at radius 1 is 1.20 bits per heavy atom. The fraction of sp³-hybridized carbons (Fsp3) is 0.267. The number of aromatic nitrogens is 1. The molecule has 0 aliphatic heterocycles. The lowest BCUT2D eigenvalue weighted by Crippen LogP contribution is -2.22. The van der Waals surface area contributed by atoms with Gasteiger partial charge in [0.1, 0.15) is 11.5 Å². The van der Waals surface area contributed by atoms with E-state index in [-0.39, 0.29) is 0 Å². The number of nitrogens with one attached hydrogen (secondary N) is 1. The summed E-state index contributed by atoms with van der Waals surface area (Å²) >= 11 is 12.0. The fourth-order valence-corrected chi connectivity index (χ4v) is 2.08. The molecule has 0 aliphatic rings. The topological polar surface area (TPSA) is 34.2 Å². The molecule has 0 aliphatic carbocycles. The van der Waals surface area contributed by atoms with Crippen molar-refractivity contribution < 1.29 is 4.74 Å². The highest BCUT2D eigenvalue weighted by Gasteiger charge is 2.08. The van der Waals surface area contributed by atoms with E-state index in [1.807, 2.05) is 6.07 Å². The second-order valence-corrected chi connectivity index (χ2v) is 5.54. The van der Waals surface area contributed by atoms with Gasteiger partial charge in [-0.25, -0.2) is 0 Å². The Balaban J connectivity index is 2.20. The van der Waals surface area contributed by atoms with E-state index in [2.05, 4.69) is 24.1 Å². The van der Waals surface area contributed by atoms with E-state index in [0.29, 0.717) is 34.1 Å². The number of pyridine rings is 1. The smallest absolute Gasteiger partial charge is 0.150 e. The maximum Gasteiger partial charge on any atom is 0.150 e. The molecule has 0 unspecified atom stereocenters. The van der Waals surface area contributed by atoms with E-state index in [9.17, 15) is 0 Å². The third-order valence-electron chi connectivity index (χ3n) is 2.68. The molecule has 0 amide bonds. The van der Waals surface area contributed by atoms with Gasteiger partial charge >= 0.3 is 0 Å². The molecule has 5 heteroatoms. The largest absolute Gasteiger partial charge is 0.454 e. The summed E-state index contributed by atoms with van der Waals surface area (Å²) < 4.78 is 5.83. The molecule has 1 aromatic heterocycles. The lowest BCUT2D eigenvalue weighted by atomic mass is 10.2. The molecule has 20 heavy (non-hydrogen) atoms. The first-order chi connectivity index (χ1) is 9.56. The van der Waals surface area contributed by atoms with Crippen molar-refractivity contribution in [3.05, 3.63) is 52.3 Å². The van der Waals surface area contributed by atoms with Gasteiger partial charge < -0.3 is 10.1 Å². The SMILES string of the molecule is CC(C)NCc1ccncc1Oc1ccc(Cl)cc1Cl. The number of rotatable bonds is 5. The van der Waals surface area contributed by atoms with Crippen LogP contribution in [0.2, 0.25) is 10.0 Å². The van der Waals surface area contributed by atoms with E-state index in [1.165, 1.54) is 0 Å². The summed E-state index contributed by atoms with van der Waals surface area (Å²) in [7, 11) is 0. The van der Waals surface area contributed by atoms with Crippen LogP contribution in [0.5, 0.6) is 11.5 Å². The van der Waals surface area contributed by atoms with Crippen molar-refractivity contribution in [2.75, 3.05) is 0 Å². The molecule has 0 bridgehead atoms. The van der Waals surface area contributed by atoms with Gasteiger partial charge in [0, 0.05) is 29.4 Å². The second-order valence-electron chi connectivity index (χ2n) is 4.70. The molecule has 0 saturated heterocycles. The molecule has 106 valence electrons. The average Bonchev–Trinajstić information content (AvgIpc) is 2.41. The van der Waals surface area contributed by atoms with E-state index >= 15 is 0 Å². The van der Waals surface area contributed by atoms with Crippen LogP contribution < -0.4 is 10.1 Å². The van der Waals surface area contributed by atoms with Crippen LogP contribution >= 0.6 is 23.2 Å². The van der Waals surface area contributed by atoms with Crippen molar-refractivity contribution >= 4 is 23.2 Å². The van der Waals surface area contributed by atoms with Gasteiger partial charge in [-0.3, -0.25) is 4.98 Å². The van der Waals surface area contributed by atoms with Crippen LogP contribution in [-0.4, -0.2) is 11.0 Å². The van der Waals surface area contributed by atoms with Gasteiger partial charge in [0.25, 0.3) is 0 Å². The highest BCUT2D eigenvalue weighted by Crippen LogP contribution is 2.32. The molecule has 3 nitrogen and oxygen atoms in total. The van der Waals surface area contributed by atoms with Gasteiger partial charge in [-0.2, -0.15) is 0 Å². The van der Waals surface area contributed by atoms with Gasteiger partial charge in [0.2, 0.25) is 0 Å². The molecule has 0 fully saturated rings.